The summed E-state index contributed by atoms with van der Waals surface area (Å²) in [6.07, 6.45) is -1.59. The van der Waals surface area contributed by atoms with Gasteiger partial charge in [0.25, 0.3) is 5.56 Å². The van der Waals surface area contributed by atoms with Gasteiger partial charge in [-0.1, -0.05) is 30.3 Å². The van der Waals surface area contributed by atoms with Gasteiger partial charge in [0.1, 0.15) is 17.2 Å². The van der Waals surface area contributed by atoms with Crippen molar-refractivity contribution in [2.45, 2.75) is 37.5 Å². The van der Waals surface area contributed by atoms with Gasteiger partial charge in [0.2, 0.25) is 0 Å². The average molecular weight is 581 g/mol. The Bertz CT molecular complexity index is 1150. The van der Waals surface area contributed by atoms with E-state index in [1.807, 2.05) is 30.3 Å². The molecule has 2 aromatic heterocycles. The van der Waals surface area contributed by atoms with Gasteiger partial charge >= 0.3 is 5.69 Å². The summed E-state index contributed by atoms with van der Waals surface area (Å²) in [5.41, 5.74) is -0.220. The van der Waals surface area contributed by atoms with E-state index in [1.165, 1.54) is 52.0 Å². The average Bonchev–Trinajstić information content (AvgIpc) is 3.51. The topological polar surface area (TPSA) is 188 Å². The number of nitrogens with zero attached hydrogens (tertiary/aromatic N) is 3. The van der Waals surface area contributed by atoms with Crippen LogP contribution in [0.25, 0.3) is 10.6 Å². The lowest BCUT2D eigenvalue weighted by Crippen LogP contribution is -2.43. The minimum absolute atomic E-state index is 0.0223. The summed E-state index contributed by atoms with van der Waals surface area (Å²) in [5.74, 6) is 0. The van der Waals surface area contributed by atoms with Crippen molar-refractivity contribution in [2.75, 3.05) is 6.61 Å². The van der Waals surface area contributed by atoms with E-state index in [4.69, 9.17) is 24.5 Å². The Balaban J connectivity index is 0.00000101. The third-order valence-electron chi connectivity index (χ3n) is 5.01. The number of hydrogen-bond donors (Lipinski definition) is 6. The summed E-state index contributed by atoms with van der Waals surface area (Å²) in [5, 5.41) is 30.3. The summed E-state index contributed by atoms with van der Waals surface area (Å²) < 4.78 is 7.70. The lowest BCUT2D eigenvalue weighted by atomic mass is 10.1. The predicted molar refractivity (Wildman–Crippen MR) is 145 cm³/mol. The molecule has 0 aliphatic carbocycles. The number of thiazole rings is 1. The maximum absolute atomic E-state index is 13.0. The van der Waals surface area contributed by atoms with Gasteiger partial charge in [-0.15, -0.1) is 11.3 Å². The van der Waals surface area contributed by atoms with Crippen molar-refractivity contribution in [3.8, 4) is 10.6 Å². The van der Waals surface area contributed by atoms with Crippen molar-refractivity contribution in [2.24, 2.45) is 0 Å². The molecule has 12 nitrogen and oxygen atoms in total. The first-order chi connectivity index (χ1) is 17.5. The molecule has 200 valence electrons. The highest BCUT2D eigenvalue weighted by atomic mass is 32.1. The highest BCUT2D eigenvalue weighted by molar-refractivity contribution is 7.15. The van der Waals surface area contributed by atoms with E-state index in [1.54, 1.807) is 6.20 Å². The zero-order chi connectivity index (χ0) is 27.3. The number of rotatable bonds is 6. The fourth-order valence-corrected chi connectivity index (χ4v) is 4.35. The first-order valence-electron chi connectivity index (χ1n) is 10.2. The van der Waals surface area contributed by atoms with Crippen LogP contribution in [-0.2, 0) is 11.3 Å². The summed E-state index contributed by atoms with van der Waals surface area (Å²) in [4.78, 5) is 51.1. The molecule has 0 amide bonds. The first kappa shape index (κ1) is 32.6. The van der Waals surface area contributed by atoms with E-state index in [0.29, 0.717) is 0 Å². The summed E-state index contributed by atoms with van der Waals surface area (Å²) in [7, 11) is 4.25. The fraction of sp³-hybridized carbons (Fsp3) is 0.350. The highest BCUT2D eigenvalue weighted by Crippen LogP contribution is 2.30. The molecule has 0 bridgehead atoms. The van der Waals surface area contributed by atoms with E-state index in [9.17, 15) is 19.8 Å². The zero-order valence-electron chi connectivity index (χ0n) is 18.9. The molecule has 1 fully saturated rings. The van der Waals surface area contributed by atoms with E-state index in [-0.39, 0.29) is 19.6 Å². The predicted octanol–water partition coefficient (Wildman–Crippen LogP) is -0.510. The van der Waals surface area contributed by atoms with Crippen LogP contribution in [0.1, 0.15) is 17.5 Å². The Morgan fingerprint density at radius 1 is 0.972 bits per heavy atom. The van der Waals surface area contributed by atoms with Crippen molar-refractivity contribution >= 4 is 39.7 Å². The van der Waals surface area contributed by atoms with E-state index < -0.39 is 35.8 Å². The normalized spacial score (nSPS) is 20.2. The minimum atomic E-state index is -1.36. The van der Waals surface area contributed by atoms with Crippen LogP contribution in [0, 0.1) is 0 Å². The van der Waals surface area contributed by atoms with Gasteiger partial charge in [0, 0.05) is 35.5 Å². The molecule has 0 radical (unpaired) electrons. The van der Waals surface area contributed by atoms with Crippen LogP contribution in [0.5, 0.6) is 0 Å². The second-order valence-electron chi connectivity index (χ2n) is 6.99. The van der Waals surface area contributed by atoms with Crippen molar-refractivity contribution < 1.29 is 34.7 Å². The molecule has 3 aromatic rings. The smallest absolute Gasteiger partial charge is 0.333 e. The van der Waals surface area contributed by atoms with Gasteiger partial charge in [-0.2, -0.15) is 0 Å². The molecule has 1 aliphatic rings. The molecule has 36 heavy (non-hydrogen) atoms. The minimum Gasteiger partial charge on any atom is -0.396 e. The van der Waals surface area contributed by atoms with Gasteiger partial charge in [-0.3, -0.25) is 13.9 Å². The van der Waals surface area contributed by atoms with Crippen LogP contribution in [0.4, 0.5) is 0 Å². The number of aromatic nitrogens is 3. The molecule has 7 atom stereocenters. The van der Waals surface area contributed by atoms with Crippen molar-refractivity contribution in [3.05, 3.63) is 74.5 Å². The molecule has 1 aromatic carbocycles. The molecular weight excluding hydrogens is 551 g/mol. The fourth-order valence-electron chi connectivity index (χ4n) is 3.45. The molecule has 4 rings (SSSR count). The largest absolute Gasteiger partial charge is 0.396 e. The monoisotopic (exact) mass is 581 g/mol. The maximum atomic E-state index is 13.0. The molecule has 1 saturated heterocycles. The van der Waals surface area contributed by atoms with Gasteiger partial charge < -0.3 is 34.7 Å². The lowest BCUT2D eigenvalue weighted by molar-refractivity contribution is -0.0458. The zero-order valence-corrected chi connectivity index (χ0v) is 23.2. The lowest BCUT2D eigenvalue weighted by Gasteiger charge is -2.18. The second kappa shape index (κ2) is 17.1. The van der Waals surface area contributed by atoms with Crippen molar-refractivity contribution in [1.29, 1.82) is 0 Å². The highest BCUT2D eigenvalue weighted by Gasteiger charge is 2.43. The molecule has 3 heterocycles. The molecule has 7 unspecified atom stereocenters. The van der Waals surface area contributed by atoms with Gasteiger partial charge in [-0.05, 0) is 34.8 Å². The van der Waals surface area contributed by atoms with Gasteiger partial charge in [-0.25, -0.2) is 9.78 Å². The van der Waals surface area contributed by atoms with Crippen LogP contribution < -0.4 is 11.2 Å². The van der Waals surface area contributed by atoms with Crippen LogP contribution in [0.2, 0.25) is 0 Å². The van der Waals surface area contributed by atoms with Crippen LogP contribution in [0.15, 0.2) is 58.4 Å². The number of aliphatic hydroxyl groups is 3. The van der Waals surface area contributed by atoms with E-state index in [2.05, 4.69) is 4.98 Å². The summed E-state index contributed by atoms with van der Waals surface area (Å²) >= 11 is 1.38. The summed E-state index contributed by atoms with van der Waals surface area (Å²) in [6.45, 7) is -0.209. The van der Waals surface area contributed by atoms with Crippen LogP contribution >= 0.6 is 39.7 Å². The number of hydrogen-bond acceptors (Lipinski definition) is 11. The molecule has 1 aliphatic heterocycles. The number of ether oxygens (including phenoxy) is 1. The SMILES string of the molecule is O=c1ccn(C2OC(CCO)C(O)C2O)c(=O)n1Cc1cnc(-c2ccccc2)s1.OP.OP.OP. The third-order valence-corrected chi connectivity index (χ3v) is 6.04. The first-order valence-corrected chi connectivity index (χ1v) is 12.6. The Morgan fingerprint density at radius 2 is 1.61 bits per heavy atom. The standard InChI is InChI=1S/C20H21N3O6S.3H3OP/c24-9-7-14-16(26)17(27)19(29-14)22-8-6-15(25)23(20(22)28)11-13-10-21-18(30-13)12-4-2-1-3-5-12;3*1-2/h1-6,8,10,14,16-17,19,24,26-27H,7,9,11H2;3*1H,2H2. The molecule has 6 N–H and O–H groups in total. The van der Waals surface area contributed by atoms with E-state index >= 15 is 0 Å². The quantitative estimate of drug-likeness (QED) is 0.207. The molecule has 16 heteroatoms. The Morgan fingerprint density at radius 3 is 2.22 bits per heavy atom. The molecular formula is C20H30N3O9P3S. The van der Waals surface area contributed by atoms with Crippen LogP contribution in [0.3, 0.4) is 0 Å². The maximum Gasteiger partial charge on any atom is 0.333 e. The second-order valence-corrected chi connectivity index (χ2v) is 8.10. The van der Waals surface area contributed by atoms with Crippen molar-refractivity contribution in [1.82, 2.24) is 14.1 Å². The van der Waals surface area contributed by atoms with Gasteiger partial charge in [0.15, 0.2) is 6.23 Å². The molecule has 0 spiro atoms. The van der Waals surface area contributed by atoms with Crippen molar-refractivity contribution in [3.63, 3.8) is 0 Å². The van der Waals surface area contributed by atoms with Gasteiger partial charge in [0.05, 0.1) is 12.6 Å². The number of benzene rings is 1. The Hall–Kier alpha value is -1.46. The summed E-state index contributed by atoms with van der Waals surface area (Å²) in [6, 6.07) is 10.8. The molecule has 0 saturated carbocycles. The van der Waals surface area contributed by atoms with E-state index in [0.717, 1.165) is 24.6 Å². The van der Waals surface area contributed by atoms with Crippen LogP contribution in [-0.4, -0.2) is 69.0 Å². The Kier molecular flexibility index (Phi) is 15.5. The third kappa shape index (κ3) is 8.02. The number of aliphatic hydroxyl groups excluding tert-OH is 3. The Labute approximate surface area is 217 Å².